The van der Waals surface area contributed by atoms with Crippen molar-refractivity contribution in [1.82, 2.24) is 0 Å². The summed E-state index contributed by atoms with van der Waals surface area (Å²) in [6.07, 6.45) is 2.68. The zero-order chi connectivity index (χ0) is 10.6. The summed E-state index contributed by atoms with van der Waals surface area (Å²) in [5, 5.41) is 8.66. The van der Waals surface area contributed by atoms with E-state index in [-0.39, 0.29) is 6.42 Å². The highest BCUT2D eigenvalue weighted by atomic mass is 35.5. The molecule has 0 aromatic heterocycles. The van der Waals surface area contributed by atoms with Crippen molar-refractivity contribution in [2.75, 3.05) is 0 Å². The Balaban J connectivity index is 2.76. The Morgan fingerprint density at radius 2 is 2.29 bits per heavy atom. The summed E-state index contributed by atoms with van der Waals surface area (Å²) in [5.74, 6) is -1.41. The normalized spacial score (nSPS) is 10.7. The van der Waals surface area contributed by atoms with E-state index in [9.17, 15) is 9.18 Å². The molecule has 0 spiro atoms. The van der Waals surface area contributed by atoms with Crippen LogP contribution in [0, 0.1) is 5.82 Å². The number of aliphatic carboxylic acids is 1. The summed E-state index contributed by atoms with van der Waals surface area (Å²) < 4.78 is 13.1. The second-order valence-corrected chi connectivity index (χ2v) is 3.10. The molecule has 1 rings (SSSR count). The zero-order valence-corrected chi connectivity index (χ0v) is 7.96. The predicted octanol–water partition coefficient (Wildman–Crippen LogP) is 2.97. The van der Waals surface area contributed by atoms with Crippen LogP contribution in [-0.2, 0) is 4.79 Å². The first-order valence-electron chi connectivity index (χ1n) is 3.93. The molecule has 74 valence electrons. The van der Waals surface area contributed by atoms with Gasteiger partial charge in [-0.25, -0.2) is 4.39 Å². The molecular weight excluding hydrogens is 207 g/mol. The molecule has 1 aromatic rings. The zero-order valence-electron chi connectivity index (χ0n) is 7.21. The Morgan fingerprint density at radius 1 is 1.57 bits per heavy atom. The highest BCUT2D eigenvalue weighted by molar-refractivity contribution is 6.30. The van der Waals surface area contributed by atoms with Gasteiger partial charge in [-0.05, 0) is 12.1 Å². The number of carbonyl (C=O) groups is 1. The molecule has 4 heteroatoms. The van der Waals surface area contributed by atoms with Crippen molar-refractivity contribution in [3.05, 3.63) is 40.7 Å². The Bertz CT molecular complexity index is 374. The van der Waals surface area contributed by atoms with E-state index < -0.39 is 11.8 Å². The fraction of sp³-hybridized carbons (Fsp3) is 0.100. The maximum absolute atomic E-state index is 13.1. The Labute approximate surface area is 85.6 Å². The minimum atomic E-state index is -0.948. The van der Waals surface area contributed by atoms with Crippen molar-refractivity contribution in [3.8, 4) is 0 Å². The summed E-state index contributed by atoms with van der Waals surface area (Å²) in [6.45, 7) is 0. The third kappa shape index (κ3) is 3.18. The first kappa shape index (κ1) is 10.7. The van der Waals surface area contributed by atoms with Crippen LogP contribution in [0.2, 0.25) is 5.02 Å². The molecular formula is C10H8ClFO2. The molecule has 0 bridgehead atoms. The van der Waals surface area contributed by atoms with E-state index in [2.05, 4.69) is 0 Å². The van der Waals surface area contributed by atoms with E-state index in [0.717, 1.165) is 0 Å². The van der Waals surface area contributed by atoms with E-state index in [4.69, 9.17) is 16.7 Å². The number of rotatable bonds is 3. The lowest BCUT2D eigenvalue weighted by molar-refractivity contribution is -0.135. The fourth-order valence-corrected chi connectivity index (χ4v) is 1.08. The molecule has 0 radical (unpaired) electrons. The van der Waals surface area contributed by atoms with Crippen LogP contribution in [0.15, 0.2) is 24.3 Å². The number of hydrogen-bond donors (Lipinski definition) is 1. The van der Waals surface area contributed by atoms with Gasteiger partial charge in [-0.15, -0.1) is 0 Å². The SMILES string of the molecule is O=C(O)C/C=C/c1ccc(Cl)cc1F. The van der Waals surface area contributed by atoms with Crippen LogP contribution in [-0.4, -0.2) is 11.1 Å². The van der Waals surface area contributed by atoms with Crippen LogP contribution in [0.3, 0.4) is 0 Å². The monoisotopic (exact) mass is 214 g/mol. The standard InChI is InChI=1S/C10H8ClFO2/c11-8-5-4-7(9(12)6-8)2-1-3-10(13)14/h1-2,4-6H,3H2,(H,13,14)/b2-1+. The minimum absolute atomic E-state index is 0.123. The van der Waals surface area contributed by atoms with Crippen molar-refractivity contribution in [1.29, 1.82) is 0 Å². The van der Waals surface area contributed by atoms with Crippen molar-refractivity contribution < 1.29 is 14.3 Å². The average molecular weight is 215 g/mol. The first-order chi connectivity index (χ1) is 6.59. The number of benzene rings is 1. The molecule has 1 N–H and O–H groups in total. The Morgan fingerprint density at radius 3 is 2.86 bits per heavy atom. The van der Waals surface area contributed by atoms with E-state index in [0.29, 0.717) is 10.6 Å². The van der Waals surface area contributed by atoms with Gasteiger partial charge in [0.25, 0.3) is 0 Å². The van der Waals surface area contributed by atoms with Gasteiger partial charge in [-0.2, -0.15) is 0 Å². The second-order valence-electron chi connectivity index (χ2n) is 2.67. The van der Waals surface area contributed by atoms with Crippen molar-refractivity contribution in [2.24, 2.45) is 0 Å². The molecule has 14 heavy (non-hydrogen) atoms. The van der Waals surface area contributed by atoms with Gasteiger partial charge >= 0.3 is 5.97 Å². The first-order valence-corrected chi connectivity index (χ1v) is 4.31. The summed E-state index contributed by atoms with van der Waals surface area (Å²) in [4.78, 5) is 10.2. The highest BCUT2D eigenvalue weighted by Crippen LogP contribution is 2.15. The van der Waals surface area contributed by atoms with Gasteiger partial charge in [-0.1, -0.05) is 29.8 Å². The fourth-order valence-electron chi connectivity index (χ4n) is 0.923. The molecule has 0 saturated heterocycles. The molecule has 0 unspecified atom stereocenters. The van der Waals surface area contributed by atoms with Gasteiger partial charge in [0.2, 0.25) is 0 Å². The molecule has 0 heterocycles. The lowest BCUT2D eigenvalue weighted by atomic mass is 10.2. The summed E-state index contributed by atoms with van der Waals surface area (Å²) in [5.41, 5.74) is 0.329. The third-order valence-corrected chi connectivity index (χ3v) is 1.79. The number of carboxylic acid groups (broad SMARTS) is 1. The number of halogens is 2. The maximum Gasteiger partial charge on any atom is 0.307 e. The molecule has 0 fully saturated rings. The summed E-state index contributed by atoms with van der Waals surface area (Å²) in [7, 11) is 0. The second kappa shape index (κ2) is 4.77. The maximum atomic E-state index is 13.1. The van der Waals surface area contributed by atoms with Crippen LogP contribution in [0.25, 0.3) is 6.08 Å². The third-order valence-electron chi connectivity index (χ3n) is 1.55. The van der Waals surface area contributed by atoms with E-state index >= 15 is 0 Å². The molecule has 0 aliphatic rings. The molecule has 0 aliphatic carbocycles. The topological polar surface area (TPSA) is 37.3 Å². The largest absolute Gasteiger partial charge is 0.481 e. The van der Waals surface area contributed by atoms with Crippen molar-refractivity contribution >= 4 is 23.6 Å². The van der Waals surface area contributed by atoms with Gasteiger partial charge in [0, 0.05) is 10.6 Å². The van der Waals surface area contributed by atoms with Gasteiger partial charge < -0.3 is 5.11 Å². The van der Waals surface area contributed by atoms with Crippen LogP contribution >= 0.6 is 11.6 Å². The van der Waals surface area contributed by atoms with Crippen molar-refractivity contribution in [2.45, 2.75) is 6.42 Å². The quantitative estimate of drug-likeness (QED) is 0.840. The molecule has 1 aromatic carbocycles. The molecule has 0 amide bonds. The van der Waals surface area contributed by atoms with Crippen molar-refractivity contribution in [3.63, 3.8) is 0 Å². The number of hydrogen-bond acceptors (Lipinski definition) is 1. The summed E-state index contributed by atoms with van der Waals surface area (Å²) >= 11 is 5.54. The smallest absolute Gasteiger partial charge is 0.307 e. The van der Waals surface area contributed by atoms with Crippen LogP contribution in [0.4, 0.5) is 4.39 Å². The molecule has 0 aliphatic heterocycles. The van der Waals surface area contributed by atoms with Gasteiger partial charge in [0.1, 0.15) is 5.82 Å². The minimum Gasteiger partial charge on any atom is -0.481 e. The number of carboxylic acids is 1. The van der Waals surface area contributed by atoms with E-state index in [1.807, 2.05) is 0 Å². The highest BCUT2D eigenvalue weighted by Gasteiger charge is 1.99. The van der Waals surface area contributed by atoms with Crippen LogP contribution < -0.4 is 0 Å². The van der Waals surface area contributed by atoms with Crippen LogP contribution in [0.5, 0.6) is 0 Å². The molecule has 0 saturated carbocycles. The van der Waals surface area contributed by atoms with E-state index in [1.54, 1.807) is 6.07 Å². The molecule has 0 atom stereocenters. The van der Waals surface area contributed by atoms with E-state index in [1.165, 1.54) is 24.3 Å². The van der Waals surface area contributed by atoms with Gasteiger partial charge in [0.15, 0.2) is 0 Å². The van der Waals surface area contributed by atoms with Gasteiger partial charge in [0.05, 0.1) is 6.42 Å². The Kier molecular flexibility index (Phi) is 3.65. The summed E-state index contributed by atoms with van der Waals surface area (Å²) in [6, 6.07) is 4.23. The predicted molar refractivity (Wildman–Crippen MR) is 52.7 cm³/mol. The Hall–Kier alpha value is -1.35. The molecule has 2 nitrogen and oxygen atoms in total. The van der Waals surface area contributed by atoms with Gasteiger partial charge in [-0.3, -0.25) is 4.79 Å². The van der Waals surface area contributed by atoms with Crippen LogP contribution in [0.1, 0.15) is 12.0 Å². The lowest BCUT2D eigenvalue weighted by Gasteiger charge is -1.96. The lowest BCUT2D eigenvalue weighted by Crippen LogP contribution is -1.90. The average Bonchev–Trinajstić information content (AvgIpc) is 2.08.